The van der Waals surface area contributed by atoms with Crippen molar-refractivity contribution >= 4 is 0 Å². The van der Waals surface area contributed by atoms with Gasteiger partial charge in [-0.3, -0.25) is 0 Å². The van der Waals surface area contributed by atoms with Crippen molar-refractivity contribution in [3.63, 3.8) is 0 Å². The molecular formula is C13H19NO. The molecule has 0 saturated carbocycles. The van der Waals surface area contributed by atoms with Gasteiger partial charge >= 0.3 is 0 Å². The predicted octanol–water partition coefficient (Wildman–Crippen LogP) is 2.65. The Balaban J connectivity index is 2.61. The number of hydrogen-bond acceptors (Lipinski definition) is 2. The highest BCUT2D eigenvalue weighted by Gasteiger charge is 2.24. The van der Waals surface area contributed by atoms with E-state index in [9.17, 15) is 0 Å². The SMILES string of the molecule is CNC1CCOc2c(C)c(C)cc(C)c21. The molecule has 2 nitrogen and oxygen atoms in total. The molecule has 0 aromatic heterocycles. The lowest BCUT2D eigenvalue weighted by Crippen LogP contribution is -2.25. The van der Waals surface area contributed by atoms with Crippen molar-refractivity contribution in [2.75, 3.05) is 13.7 Å². The molecule has 2 heteroatoms. The van der Waals surface area contributed by atoms with E-state index in [-0.39, 0.29) is 0 Å². The van der Waals surface area contributed by atoms with Crippen LogP contribution in [0.5, 0.6) is 5.75 Å². The molecule has 0 radical (unpaired) electrons. The van der Waals surface area contributed by atoms with Gasteiger partial charge in [0.15, 0.2) is 0 Å². The molecule has 1 aliphatic heterocycles. The van der Waals surface area contributed by atoms with Gasteiger partial charge in [-0.25, -0.2) is 0 Å². The molecule has 1 aromatic rings. The third-order valence-electron chi connectivity index (χ3n) is 3.38. The van der Waals surface area contributed by atoms with Crippen LogP contribution in [0.1, 0.15) is 34.7 Å². The molecule has 0 saturated heterocycles. The maximum absolute atomic E-state index is 5.81. The first-order chi connectivity index (χ1) is 7.15. The summed E-state index contributed by atoms with van der Waals surface area (Å²) < 4.78 is 5.81. The van der Waals surface area contributed by atoms with E-state index >= 15 is 0 Å². The maximum atomic E-state index is 5.81. The summed E-state index contributed by atoms with van der Waals surface area (Å²) in [7, 11) is 2.02. The highest BCUT2D eigenvalue weighted by molar-refractivity contribution is 5.52. The number of benzene rings is 1. The predicted molar refractivity (Wildman–Crippen MR) is 62.6 cm³/mol. The van der Waals surface area contributed by atoms with Crippen LogP contribution in [0.4, 0.5) is 0 Å². The highest BCUT2D eigenvalue weighted by atomic mass is 16.5. The van der Waals surface area contributed by atoms with Crippen LogP contribution in [0.3, 0.4) is 0 Å². The second-order valence-corrected chi connectivity index (χ2v) is 4.36. The minimum atomic E-state index is 0.452. The van der Waals surface area contributed by atoms with E-state index < -0.39 is 0 Å². The third-order valence-corrected chi connectivity index (χ3v) is 3.38. The Morgan fingerprint density at radius 1 is 1.27 bits per heavy atom. The van der Waals surface area contributed by atoms with E-state index in [0.717, 1.165) is 18.8 Å². The Hall–Kier alpha value is -1.02. The van der Waals surface area contributed by atoms with Crippen LogP contribution < -0.4 is 10.1 Å². The number of nitrogens with one attached hydrogen (secondary N) is 1. The van der Waals surface area contributed by atoms with Gasteiger partial charge in [0.05, 0.1) is 6.61 Å². The van der Waals surface area contributed by atoms with Gasteiger partial charge in [-0.2, -0.15) is 0 Å². The molecule has 1 aliphatic rings. The van der Waals surface area contributed by atoms with Gasteiger partial charge in [0.2, 0.25) is 0 Å². The average molecular weight is 205 g/mol. The first kappa shape index (κ1) is 10.5. The fourth-order valence-corrected chi connectivity index (χ4v) is 2.40. The third kappa shape index (κ3) is 1.63. The molecule has 1 aromatic carbocycles. The van der Waals surface area contributed by atoms with Crippen molar-refractivity contribution in [1.29, 1.82) is 0 Å². The van der Waals surface area contributed by atoms with Crippen LogP contribution in [-0.2, 0) is 0 Å². The van der Waals surface area contributed by atoms with Gasteiger partial charge in [0.25, 0.3) is 0 Å². The van der Waals surface area contributed by atoms with Gasteiger partial charge < -0.3 is 10.1 Å². The van der Waals surface area contributed by atoms with Crippen LogP contribution in [0.25, 0.3) is 0 Å². The lowest BCUT2D eigenvalue weighted by atomic mass is 9.91. The van der Waals surface area contributed by atoms with Crippen molar-refractivity contribution < 1.29 is 4.74 Å². The number of rotatable bonds is 1. The second kappa shape index (κ2) is 3.86. The first-order valence-corrected chi connectivity index (χ1v) is 5.56. The number of ether oxygens (including phenoxy) is 1. The summed E-state index contributed by atoms with van der Waals surface area (Å²) in [6.45, 7) is 7.28. The zero-order valence-corrected chi connectivity index (χ0v) is 9.98. The summed E-state index contributed by atoms with van der Waals surface area (Å²) in [5.41, 5.74) is 5.30. The molecule has 1 N–H and O–H groups in total. The fourth-order valence-electron chi connectivity index (χ4n) is 2.40. The average Bonchev–Trinajstić information content (AvgIpc) is 2.25. The van der Waals surface area contributed by atoms with Gasteiger partial charge in [0.1, 0.15) is 5.75 Å². The molecule has 1 atom stereocenters. The van der Waals surface area contributed by atoms with Crippen LogP contribution in [0.15, 0.2) is 6.07 Å². The van der Waals surface area contributed by atoms with E-state index in [2.05, 4.69) is 32.2 Å². The summed E-state index contributed by atoms with van der Waals surface area (Å²) in [6.07, 6.45) is 1.06. The van der Waals surface area contributed by atoms with Crippen LogP contribution in [-0.4, -0.2) is 13.7 Å². The van der Waals surface area contributed by atoms with Gasteiger partial charge in [-0.05, 0) is 44.5 Å². The van der Waals surface area contributed by atoms with Crippen LogP contribution in [0.2, 0.25) is 0 Å². The normalized spacial score (nSPS) is 19.6. The topological polar surface area (TPSA) is 21.3 Å². The summed E-state index contributed by atoms with van der Waals surface area (Å²) in [5, 5.41) is 3.37. The lowest BCUT2D eigenvalue weighted by molar-refractivity contribution is 0.254. The van der Waals surface area contributed by atoms with E-state index in [1.54, 1.807) is 0 Å². The van der Waals surface area contributed by atoms with E-state index in [0.29, 0.717) is 6.04 Å². The molecule has 0 aliphatic carbocycles. The molecule has 0 spiro atoms. The van der Waals surface area contributed by atoms with E-state index in [1.165, 1.54) is 22.3 Å². The second-order valence-electron chi connectivity index (χ2n) is 4.36. The van der Waals surface area contributed by atoms with Gasteiger partial charge in [-0.15, -0.1) is 0 Å². The number of aryl methyl sites for hydroxylation is 2. The van der Waals surface area contributed by atoms with Gasteiger partial charge in [-0.1, -0.05) is 6.07 Å². The maximum Gasteiger partial charge on any atom is 0.127 e. The Morgan fingerprint density at radius 2 is 2.00 bits per heavy atom. The highest BCUT2D eigenvalue weighted by Crippen LogP contribution is 2.38. The Morgan fingerprint density at radius 3 is 2.67 bits per heavy atom. The van der Waals surface area contributed by atoms with Crippen molar-refractivity contribution in [1.82, 2.24) is 5.32 Å². The van der Waals surface area contributed by atoms with Crippen molar-refractivity contribution in [2.45, 2.75) is 33.2 Å². The Labute approximate surface area is 91.6 Å². The summed E-state index contributed by atoms with van der Waals surface area (Å²) >= 11 is 0. The standard InChI is InChI=1S/C13H19NO/c1-8-7-9(2)12-11(14-4)5-6-15-13(12)10(8)3/h7,11,14H,5-6H2,1-4H3. The first-order valence-electron chi connectivity index (χ1n) is 5.56. The van der Waals surface area contributed by atoms with Crippen LogP contribution in [0, 0.1) is 20.8 Å². The number of fused-ring (bicyclic) bond motifs is 1. The molecule has 0 amide bonds. The minimum Gasteiger partial charge on any atom is -0.493 e. The van der Waals surface area contributed by atoms with Crippen molar-refractivity contribution in [3.05, 3.63) is 28.3 Å². The molecular weight excluding hydrogens is 186 g/mol. The van der Waals surface area contributed by atoms with Crippen molar-refractivity contribution in [3.8, 4) is 5.75 Å². The van der Waals surface area contributed by atoms with Gasteiger partial charge in [0, 0.05) is 18.0 Å². The summed E-state index contributed by atoms with van der Waals surface area (Å²) in [6, 6.07) is 2.71. The molecule has 82 valence electrons. The molecule has 0 bridgehead atoms. The zero-order chi connectivity index (χ0) is 11.0. The Kier molecular flexibility index (Phi) is 2.70. The number of hydrogen-bond donors (Lipinski definition) is 1. The summed E-state index contributed by atoms with van der Waals surface area (Å²) in [4.78, 5) is 0. The van der Waals surface area contributed by atoms with Crippen molar-refractivity contribution in [2.24, 2.45) is 0 Å². The van der Waals surface area contributed by atoms with E-state index in [4.69, 9.17) is 4.74 Å². The molecule has 1 heterocycles. The smallest absolute Gasteiger partial charge is 0.127 e. The molecule has 2 rings (SSSR count). The minimum absolute atomic E-state index is 0.452. The lowest BCUT2D eigenvalue weighted by Gasteiger charge is -2.29. The molecule has 1 unspecified atom stereocenters. The summed E-state index contributed by atoms with van der Waals surface area (Å²) in [5.74, 6) is 1.11. The van der Waals surface area contributed by atoms with Crippen LogP contribution >= 0.6 is 0 Å². The van der Waals surface area contributed by atoms with E-state index in [1.807, 2.05) is 7.05 Å². The monoisotopic (exact) mass is 205 g/mol. The largest absolute Gasteiger partial charge is 0.493 e. The quantitative estimate of drug-likeness (QED) is 0.761. The fraction of sp³-hybridized carbons (Fsp3) is 0.538. The molecule has 15 heavy (non-hydrogen) atoms. The molecule has 0 fully saturated rings. The zero-order valence-electron chi connectivity index (χ0n) is 9.98. The Bertz CT molecular complexity index is 385.